The molecular weight excluding hydrogens is 128 g/mol. The van der Waals surface area contributed by atoms with Crippen LogP contribution in [0, 0.1) is 0 Å². The molecule has 56 valence electrons. The van der Waals surface area contributed by atoms with E-state index in [1.807, 2.05) is 20.8 Å². The van der Waals surface area contributed by atoms with Crippen LogP contribution in [0.15, 0.2) is 18.4 Å². The topological polar surface area (TPSA) is 18.5 Å². The van der Waals surface area contributed by atoms with Gasteiger partial charge in [0, 0.05) is 0 Å². The lowest BCUT2D eigenvalue weighted by Crippen LogP contribution is -2.60. The first-order valence-electron chi connectivity index (χ1n) is 3.26. The maximum atomic E-state index is 4.92. The van der Waals surface area contributed by atoms with Gasteiger partial charge in [-0.05, 0) is 26.8 Å². The van der Waals surface area contributed by atoms with Crippen molar-refractivity contribution >= 4 is 0 Å². The van der Waals surface area contributed by atoms with Crippen LogP contribution in [0.5, 0.6) is 0 Å². The summed E-state index contributed by atoms with van der Waals surface area (Å²) in [6, 6.07) is 0. The molecular formula is C8H12O2. The normalized spacial score (nSPS) is 35.9. The molecule has 0 aromatic carbocycles. The highest BCUT2D eigenvalue weighted by Crippen LogP contribution is 2.40. The Hall–Kier alpha value is -0.560. The van der Waals surface area contributed by atoms with E-state index in [1.54, 1.807) is 6.08 Å². The van der Waals surface area contributed by atoms with Gasteiger partial charge in [-0.15, -0.1) is 5.73 Å². The fraction of sp³-hybridized carbons (Fsp3) is 0.625. The van der Waals surface area contributed by atoms with Crippen molar-refractivity contribution < 1.29 is 9.78 Å². The zero-order valence-electron chi connectivity index (χ0n) is 6.60. The third-order valence-corrected chi connectivity index (χ3v) is 2.00. The molecule has 2 nitrogen and oxygen atoms in total. The molecule has 0 aliphatic carbocycles. The molecule has 1 fully saturated rings. The highest BCUT2D eigenvalue weighted by molar-refractivity contribution is 5.10. The summed E-state index contributed by atoms with van der Waals surface area (Å²) in [5, 5.41) is 0. The number of hydrogen-bond acceptors (Lipinski definition) is 2. The highest BCUT2D eigenvalue weighted by atomic mass is 17.3. The maximum absolute atomic E-state index is 4.92. The Balaban J connectivity index is 2.80. The SMILES string of the molecule is C=C=CC1(C)OOC1(C)C. The van der Waals surface area contributed by atoms with Gasteiger partial charge in [-0.2, -0.15) is 0 Å². The molecule has 1 atom stereocenters. The van der Waals surface area contributed by atoms with E-state index in [0.717, 1.165) is 0 Å². The van der Waals surface area contributed by atoms with E-state index in [4.69, 9.17) is 9.78 Å². The summed E-state index contributed by atoms with van der Waals surface area (Å²) >= 11 is 0. The zero-order chi connectivity index (χ0) is 7.83. The minimum absolute atomic E-state index is 0.252. The first-order valence-corrected chi connectivity index (χ1v) is 3.26. The number of hydrogen-bond donors (Lipinski definition) is 0. The Morgan fingerprint density at radius 1 is 1.30 bits per heavy atom. The molecule has 0 radical (unpaired) electrons. The van der Waals surface area contributed by atoms with Crippen LogP contribution in [-0.4, -0.2) is 11.2 Å². The van der Waals surface area contributed by atoms with Gasteiger partial charge < -0.3 is 0 Å². The van der Waals surface area contributed by atoms with E-state index in [0.29, 0.717) is 0 Å². The third kappa shape index (κ3) is 0.816. The molecule has 0 bridgehead atoms. The van der Waals surface area contributed by atoms with Crippen molar-refractivity contribution in [3.63, 3.8) is 0 Å². The first-order chi connectivity index (χ1) is 4.52. The molecule has 0 N–H and O–H groups in total. The second-order valence-corrected chi connectivity index (χ2v) is 3.13. The Morgan fingerprint density at radius 2 is 1.90 bits per heavy atom. The fourth-order valence-electron chi connectivity index (χ4n) is 0.732. The summed E-state index contributed by atoms with van der Waals surface area (Å²) in [4.78, 5) is 9.80. The van der Waals surface area contributed by atoms with E-state index < -0.39 is 0 Å². The Bertz CT molecular complexity index is 189. The van der Waals surface area contributed by atoms with Crippen LogP contribution < -0.4 is 0 Å². The van der Waals surface area contributed by atoms with E-state index in [-0.39, 0.29) is 11.2 Å². The van der Waals surface area contributed by atoms with Crippen molar-refractivity contribution in [3.05, 3.63) is 18.4 Å². The van der Waals surface area contributed by atoms with Crippen molar-refractivity contribution in [2.75, 3.05) is 0 Å². The Kier molecular flexibility index (Phi) is 1.48. The summed E-state index contributed by atoms with van der Waals surface area (Å²) in [7, 11) is 0. The Labute approximate surface area is 61.1 Å². The largest absolute Gasteiger partial charge is 0.226 e. The summed E-state index contributed by atoms with van der Waals surface area (Å²) in [5.41, 5.74) is 2.08. The van der Waals surface area contributed by atoms with Crippen LogP contribution in [0.3, 0.4) is 0 Å². The monoisotopic (exact) mass is 140 g/mol. The number of rotatable bonds is 1. The molecule has 10 heavy (non-hydrogen) atoms. The van der Waals surface area contributed by atoms with Gasteiger partial charge in [0.2, 0.25) is 0 Å². The molecule has 1 aliphatic heterocycles. The molecule has 0 spiro atoms. The molecule has 1 aliphatic rings. The lowest BCUT2D eigenvalue weighted by Gasteiger charge is -2.48. The lowest BCUT2D eigenvalue weighted by molar-refractivity contribution is -0.526. The average molecular weight is 140 g/mol. The molecule has 0 aromatic heterocycles. The van der Waals surface area contributed by atoms with Crippen LogP contribution in [0.25, 0.3) is 0 Å². The summed E-state index contributed by atoms with van der Waals surface area (Å²) < 4.78 is 0. The van der Waals surface area contributed by atoms with E-state index in [1.165, 1.54) is 0 Å². The van der Waals surface area contributed by atoms with E-state index in [9.17, 15) is 0 Å². The average Bonchev–Trinajstić information content (AvgIpc) is 1.86. The predicted molar refractivity (Wildman–Crippen MR) is 38.4 cm³/mol. The van der Waals surface area contributed by atoms with Crippen molar-refractivity contribution in [2.24, 2.45) is 0 Å². The minimum atomic E-state index is -0.352. The van der Waals surface area contributed by atoms with Gasteiger partial charge in [0.15, 0.2) is 5.60 Å². The van der Waals surface area contributed by atoms with Crippen LogP contribution in [0.4, 0.5) is 0 Å². The van der Waals surface area contributed by atoms with Gasteiger partial charge in [-0.3, -0.25) is 0 Å². The van der Waals surface area contributed by atoms with E-state index in [2.05, 4.69) is 12.3 Å². The molecule has 0 saturated carbocycles. The van der Waals surface area contributed by atoms with Crippen LogP contribution in [0.2, 0.25) is 0 Å². The maximum Gasteiger partial charge on any atom is 0.157 e. The summed E-state index contributed by atoms with van der Waals surface area (Å²) in [6.07, 6.45) is 1.77. The van der Waals surface area contributed by atoms with E-state index >= 15 is 0 Å². The molecule has 1 rings (SSSR count). The predicted octanol–water partition coefficient (Wildman–Crippen LogP) is 1.83. The molecule has 0 aromatic rings. The van der Waals surface area contributed by atoms with Gasteiger partial charge >= 0.3 is 0 Å². The van der Waals surface area contributed by atoms with Gasteiger partial charge in [0.05, 0.1) is 0 Å². The third-order valence-electron chi connectivity index (χ3n) is 2.00. The quantitative estimate of drug-likeness (QED) is 0.408. The highest BCUT2D eigenvalue weighted by Gasteiger charge is 2.53. The van der Waals surface area contributed by atoms with Gasteiger partial charge in [-0.1, -0.05) is 6.58 Å². The second-order valence-electron chi connectivity index (χ2n) is 3.13. The van der Waals surface area contributed by atoms with Crippen LogP contribution in [-0.2, 0) is 9.78 Å². The van der Waals surface area contributed by atoms with Crippen LogP contribution in [0.1, 0.15) is 20.8 Å². The molecule has 2 heteroatoms. The fourth-order valence-corrected chi connectivity index (χ4v) is 0.732. The smallest absolute Gasteiger partial charge is 0.157 e. The van der Waals surface area contributed by atoms with Crippen molar-refractivity contribution in [3.8, 4) is 0 Å². The van der Waals surface area contributed by atoms with Crippen molar-refractivity contribution in [1.82, 2.24) is 0 Å². The molecule has 1 saturated heterocycles. The van der Waals surface area contributed by atoms with Crippen molar-refractivity contribution in [2.45, 2.75) is 32.0 Å². The zero-order valence-corrected chi connectivity index (χ0v) is 6.60. The second kappa shape index (κ2) is 1.96. The molecule has 1 heterocycles. The van der Waals surface area contributed by atoms with Gasteiger partial charge in [0.25, 0.3) is 0 Å². The standard InChI is InChI=1S/C8H12O2/c1-5-6-8(4)7(2,3)9-10-8/h6H,1H2,2-4H3. The Morgan fingerprint density at radius 3 is 2.00 bits per heavy atom. The summed E-state index contributed by atoms with van der Waals surface area (Å²) in [6.45, 7) is 9.34. The lowest BCUT2D eigenvalue weighted by atomic mass is 9.86. The molecule has 0 amide bonds. The summed E-state index contributed by atoms with van der Waals surface area (Å²) in [5.74, 6) is 0. The first kappa shape index (κ1) is 7.55. The minimum Gasteiger partial charge on any atom is -0.226 e. The van der Waals surface area contributed by atoms with Crippen molar-refractivity contribution in [1.29, 1.82) is 0 Å². The molecule has 1 unspecified atom stereocenters. The van der Waals surface area contributed by atoms with Gasteiger partial charge in [0.1, 0.15) is 5.60 Å². The van der Waals surface area contributed by atoms with Crippen LogP contribution >= 0.6 is 0 Å². The van der Waals surface area contributed by atoms with Gasteiger partial charge in [-0.25, -0.2) is 9.78 Å².